The topological polar surface area (TPSA) is 89.4 Å². The van der Waals surface area contributed by atoms with E-state index >= 15 is 0 Å². The second-order valence-corrected chi connectivity index (χ2v) is 3.36. The lowest BCUT2D eigenvalue weighted by atomic mass is 10.6. The zero-order chi connectivity index (χ0) is 13.3. The van der Waals surface area contributed by atoms with Crippen molar-refractivity contribution >= 4 is 0 Å². The summed E-state index contributed by atoms with van der Waals surface area (Å²) >= 11 is 0. The molecule has 0 aromatic carbocycles. The Morgan fingerprint density at radius 2 is 1.22 bits per heavy atom. The van der Waals surface area contributed by atoms with Crippen molar-refractivity contribution in [3.8, 4) is 0 Å². The Kier molecular flexibility index (Phi) is 16.5. The first-order valence-electron chi connectivity index (χ1n) is 6.15. The van der Waals surface area contributed by atoms with Crippen molar-refractivity contribution < 1.29 is 29.2 Å². The highest BCUT2D eigenvalue weighted by atomic mass is 16.7. The molecular weight excluding hydrogens is 242 g/mol. The zero-order valence-corrected chi connectivity index (χ0v) is 10.8. The van der Waals surface area contributed by atoms with Crippen LogP contribution >= 0.6 is 0 Å². The van der Waals surface area contributed by atoms with E-state index in [2.05, 4.69) is 5.32 Å². The lowest BCUT2D eigenvalue weighted by Crippen LogP contribution is -2.23. The second kappa shape index (κ2) is 16.7. The van der Waals surface area contributed by atoms with Gasteiger partial charge in [-0.25, -0.2) is 0 Å². The molecule has 0 fully saturated rings. The van der Waals surface area contributed by atoms with Gasteiger partial charge in [-0.3, -0.25) is 0 Å². The van der Waals surface area contributed by atoms with Crippen LogP contribution in [0.25, 0.3) is 0 Å². The van der Waals surface area contributed by atoms with Crippen molar-refractivity contribution in [3.63, 3.8) is 0 Å². The number of hydrogen-bond donors (Lipinski definition) is 3. The maximum atomic E-state index is 8.49. The molecule has 0 aliphatic heterocycles. The molecular formula is C11H25NO6. The Labute approximate surface area is 108 Å². The van der Waals surface area contributed by atoms with Crippen molar-refractivity contribution in [2.75, 3.05) is 72.7 Å². The van der Waals surface area contributed by atoms with E-state index in [9.17, 15) is 0 Å². The highest BCUT2D eigenvalue weighted by molar-refractivity contribution is 4.42. The van der Waals surface area contributed by atoms with E-state index in [1.165, 1.54) is 0 Å². The molecule has 0 aromatic rings. The van der Waals surface area contributed by atoms with Gasteiger partial charge in [-0.15, -0.1) is 0 Å². The predicted molar refractivity (Wildman–Crippen MR) is 65.5 cm³/mol. The molecule has 0 saturated heterocycles. The van der Waals surface area contributed by atoms with Gasteiger partial charge in [0.1, 0.15) is 6.79 Å². The van der Waals surface area contributed by atoms with Crippen LogP contribution in [0.2, 0.25) is 0 Å². The summed E-state index contributed by atoms with van der Waals surface area (Å²) < 4.78 is 20.6. The molecule has 3 N–H and O–H groups in total. The molecule has 0 aliphatic rings. The minimum atomic E-state index is 0.0353. The number of aliphatic hydroxyl groups is 2. The van der Waals surface area contributed by atoms with E-state index in [1.807, 2.05) is 0 Å². The molecule has 0 atom stereocenters. The first-order valence-corrected chi connectivity index (χ1v) is 6.15. The molecule has 0 bridgehead atoms. The van der Waals surface area contributed by atoms with Crippen LogP contribution in [-0.4, -0.2) is 83.0 Å². The summed E-state index contributed by atoms with van der Waals surface area (Å²) in [6.45, 7) is 4.53. The van der Waals surface area contributed by atoms with Gasteiger partial charge < -0.3 is 34.5 Å². The summed E-state index contributed by atoms with van der Waals surface area (Å²) in [5.74, 6) is 0. The fraction of sp³-hybridized carbons (Fsp3) is 1.00. The highest BCUT2D eigenvalue weighted by Crippen LogP contribution is 1.82. The average molecular weight is 267 g/mol. The van der Waals surface area contributed by atoms with Crippen LogP contribution in [0.1, 0.15) is 0 Å². The van der Waals surface area contributed by atoms with Gasteiger partial charge in [0.2, 0.25) is 0 Å². The number of rotatable bonds is 15. The average Bonchev–Trinajstić information content (AvgIpc) is 2.39. The lowest BCUT2D eigenvalue weighted by molar-refractivity contribution is -0.0716. The van der Waals surface area contributed by atoms with Gasteiger partial charge >= 0.3 is 0 Å². The Morgan fingerprint density at radius 3 is 1.89 bits per heavy atom. The van der Waals surface area contributed by atoms with E-state index in [4.69, 9.17) is 29.2 Å². The Balaban J connectivity index is 2.86. The van der Waals surface area contributed by atoms with Crippen molar-refractivity contribution in [2.24, 2.45) is 0 Å². The summed E-state index contributed by atoms with van der Waals surface area (Å²) in [4.78, 5) is 0. The molecule has 7 heteroatoms. The van der Waals surface area contributed by atoms with Crippen LogP contribution in [0, 0.1) is 0 Å². The van der Waals surface area contributed by atoms with E-state index in [0.29, 0.717) is 52.7 Å². The third kappa shape index (κ3) is 15.7. The van der Waals surface area contributed by atoms with Crippen LogP contribution in [0.5, 0.6) is 0 Å². The molecule has 0 saturated carbocycles. The number of aliphatic hydroxyl groups excluding tert-OH is 2. The Morgan fingerprint density at radius 1 is 0.611 bits per heavy atom. The largest absolute Gasteiger partial charge is 0.395 e. The summed E-state index contributed by atoms with van der Waals surface area (Å²) in [6, 6.07) is 0. The van der Waals surface area contributed by atoms with E-state index in [-0.39, 0.29) is 20.0 Å². The fourth-order valence-electron chi connectivity index (χ4n) is 1.03. The zero-order valence-electron chi connectivity index (χ0n) is 10.8. The number of ether oxygens (including phenoxy) is 4. The molecule has 110 valence electrons. The number of hydrogen-bond acceptors (Lipinski definition) is 7. The van der Waals surface area contributed by atoms with Crippen LogP contribution in [0.3, 0.4) is 0 Å². The summed E-state index contributed by atoms with van der Waals surface area (Å²) in [6.07, 6.45) is 0. The molecule has 18 heavy (non-hydrogen) atoms. The van der Waals surface area contributed by atoms with Gasteiger partial charge in [-0.1, -0.05) is 0 Å². The molecule has 0 radical (unpaired) electrons. The third-order valence-electron chi connectivity index (χ3n) is 1.86. The van der Waals surface area contributed by atoms with Gasteiger partial charge in [0.05, 0.1) is 52.9 Å². The molecule has 0 spiro atoms. The van der Waals surface area contributed by atoms with Gasteiger partial charge in [0.15, 0.2) is 0 Å². The first-order chi connectivity index (χ1) is 8.91. The number of nitrogens with one attached hydrogen (secondary N) is 1. The van der Waals surface area contributed by atoms with Gasteiger partial charge in [-0.05, 0) is 0 Å². The molecule has 0 amide bonds. The standard InChI is InChI=1S/C11H25NO6/c13-3-1-12-2-5-17-11-18-10-9-16-8-7-15-6-4-14/h12-14H,1-11H2. The van der Waals surface area contributed by atoms with E-state index < -0.39 is 0 Å². The summed E-state index contributed by atoms with van der Waals surface area (Å²) in [5, 5.41) is 19.9. The second-order valence-electron chi connectivity index (χ2n) is 3.36. The summed E-state index contributed by atoms with van der Waals surface area (Å²) in [7, 11) is 0. The molecule has 0 aromatic heterocycles. The molecule has 0 unspecified atom stereocenters. The van der Waals surface area contributed by atoms with Crippen molar-refractivity contribution in [3.05, 3.63) is 0 Å². The Bertz CT molecular complexity index is 133. The van der Waals surface area contributed by atoms with Crippen molar-refractivity contribution in [1.82, 2.24) is 5.32 Å². The van der Waals surface area contributed by atoms with Crippen LogP contribution in [0.4, 0.5) is 0 Å². The SMILES string of the molecule is OCCNCCOCOCCOCCOCCO. The highest BCUT2D eigenvalue weighted by Gasteiger charge is 1.92. The van der Waals surface area contributed by atoms with E-state index in [1.54, 1.807) is 0 Å². The third-order valence-corrected chi connectivity index (χ3v) is 1.86. The smallest absolute Gasteiger partial charge is 0.146 e. The molecule has 0 heterocycles. The van der Waals surface area contributed by atoms with Crippen molar-refractivity contribution in [2.45, 2.75) is 0 Å². The van der Waals surface area contributed by atoms with Gasteiger partial charge in [0, 0.05) is 13.1 Å². The van der Waals surface area contributed by atoms with Crippen LogP contribution in [-0.2, 0) is 18.9 Å². The monoisotopic (exact) mass is 267 g/mol. The van der Waals surface area contributed by atoms with Crippen LogP contribution < -0.4 is 5.32 Å². The normalized spacial score (nSPS) is 11.0. The Hall–Kier alpha value is -0.280. The minimum Gasteiger partial charge on any atom is -0.395 e. The van der Waals surface area contributed by atoms with Gasteiger partial charge in [0.25, 0.3) is 0 Å². The first kappa shape index (κ1) is 17.7. The molecule has 7 nitrogen and oxygen atoms in total. The predicted octanol–water partition coefficient (Wildman–Crippen LogP) is -1.42. The quantitative estimate of drug-likeness (QED) is 0.248. The molecule has 0 aliphatic carbocycles. The fourth-order valence-corrected chi connectivity index (χ4v) is 1.03. The van der Waals surface area contributed by atoms with Gasteiger partial charge in [-0.2, -0.15) is 0 Å². The maximum absolute atomic E-state index is 8.49. The van der Waals surface area contributed by atoms with Crippen molar-refractivity contribution in [1.29, 1.82) is 0 Å². The lowest BCUT2D eigenvalue weighted by Gasteiger charge is -2.07. The maximum Gasteiger partial charge on any atom is 0.146 e. The van der Waals surface area contributed by atoms with E-state index in [0.717, 1.165) is 0 Å². The van der Waals surface area contributed by atoms with Crippen LogP contribution in [0.15, 0.2) is 0 Å². The molecule has 0 rings (SSSR count). The summed E-state index contributed by atoms with van der Waals surface area (Å²) in [5.41, 5.74) is 0. The minimum absolute atomic E-state index is 0.0353.